The fraction of sp³-hybridized carbons (Fsp3) is 0.519. The summed E-state index contributed by atoms with van der Waals surface area (Å²) < 4.78 is 16.9. The van der Waals surface area contributed by atoms with Gasteiger partial charge >= 0.3 is 5.97 Å². The van der Waals surface area contributed by atoms with Crippen molar-refractivity contribution in [2.45, 2.75) is 78.2 Å². The summed E-state index contributed by atoms with van der Waals surface area (Å²) in [5.41, 5.74) is 2.26. The summed E-state index contributed by atoms with van der Waals surface area (Å²) in [6.07, 6.45) is 8.59. The lowest BCUT2D eigenvalue weighted by atomic mass is 10.1. The zero-order chi connectivity index (χ0) is 22.3. The molecule has 0 heterocycles. The SMILES string of the molecule is CCCCCCCCOc1ccc(-c2ccc(OCC(C)OC(=O)CCC)cc2)cc1. The molecule has 2 rings (SSSR count). The zero-order valence-electron chi connectivity index (χ0n) is 19.4. The average molecular weight is 427 g/mol. The molecule has 0 N–H and O–H groups in total. The first kappa shape index (κ1) is 24.8. The second-order valence-corrected chi connectivity index (χ2v) is 8.03. The van der Waals surface area contributed by atoms with E-state index >= 15 is 0 Å². The minimum atomic E-state index is -0.261. The summed E-state index contributed by atoms with van der Waals surface area (Å²) >= 11 is 0. The van der Waals surface area contributed by atoms with E-state index in [1.807, 2.05) is 50.2 Å². The number of hydrogen-bond donors (Lipinski definition) is 0. The van der Waals surface area contributed by atoms with E-state index in [1.54, 1.807) is 0 Å². The lowest BCUT2D eigenvalue weighted by molar-refractivity contribution is -0.149. The van der Waals surface area contributed by atoms with Crippen LogP contribution in [-0.2, 0) is 9.53 Å². The van der Waals surface area contributed by atoms with E-state index < -0.39 is 0 Å². The second-order valence-electron chi connectivity index (χ2n) is 8.03. The fourth-order valence-electron chi connectivity index (χ4n) is 3.29. The summed E-state index contributed by atoms with van der Waals surface area (Å²) in [5.74, 6) is 1.51. The van der Waals surface area contributed by atoms with Crippen LogP contribution in [0, 0.1) is 0 Å². The highest BCUT2D eigenvalue weighted by Crippen LogP contribution is 2.25. The number of benzene rings is 2. The molecule has 1 unspecified atom stereocenters. The number of ether oxygens (including phenoxy) is 3. The van der Waals surface area contributed by atoms with Crippen LogP contribution in [-0.4, -0.2) is 25.3 Å². The minimum Gasteiger partial charge on any atom is -0.494 e. The average Bonchev–Trinajstić information content (AvgIpc) is 2.78. The Morgan fingerprint density at radius 1 is 0.742 bits per heavy atom. The van der Waals surface area contributed by atoms with Gasteiger partial charge in [0, 0.05) is 6.42 Å². The number of rotatable bonds is 15. The molecule has 4 heteroatoms. The van der Waals surface area contributed by atoms with Crippen LogP contribution in [0.25, 0.3) is 11.1 Å². The largest absolute Gasteiger partial charge is 0.494 e. The number of esters is 1. The summed E-state index contributed by atoms with van der Waals surface area (Å²) in [5, 5.41) is 0. The maximum Gasteiger partial charge on any atom is 0.306 e. The van der Waals surface area contributed by atoms with Crippen molar-refractivity contribution < 1.29 is 19.0 Å². The molecule has 0 aliphatic carbocycles. The predicted octanol–water partition coefficient (Wildman–Crippen LogP) is 7.20. The fourth-order valence-corrected chi connectivity index (χ4v) is 3.29. The number of hydrogen-bond acceptors (Lipinski definition) is 4. The monoisotopic (exact) mass is 426 g/mol. The van der Waals surface area contributed by atoms with Gasteiger partial charge in [0.2, 0.25) is 0 Å². The lowest BCUT2D eigenvalue weighted by Gasteiger charge is -2.14. The van der Waals surface area contributed by atoms with Gasteiger partial charge in [-0.1, -0.05) is 70.2 Å². The highest BCUT2D eigenvalue weighted by molar-refractivity contribution is 5.69. The molecule has 0 bridgehead atoms. The van der Waals surface area contributed by atoms with E-state index in [2.05, 4.69) is 19.1 Å². The van der Waals surface area contributed by atoms with Crippen molar-refractivity contribution in [1.29, 1.82) is 0 Å². The van der Waals surface area contributed by atoms with Crippen molar-refractivity contribution in [1.82, 2.24) is 0 Å². The predicted molar refractivity (Wildman–Crippen MR) is 127 cm³/mol. The molecule has 0 aromatic heterocycles. The molecule has 1 atom stereocenters. The molecule has 2 aromatic carbocycles. The van der Waals surface area contributed by atoms with Crippen molar-refractivity contribution in [2.75, 3.05) is 13.2 Å². The normalized spacial score (nSPS) is 11.7. The lowest BCUT2D eigenvalue weighted by Crippen LogP contribution is -2.21. The first-order chi connectivity index (χ1) is 15.1. The minimum absolute atomic E-state index is 0.173. The number of unbranched alkanes of at least 4 members (excludes halogenated alkanes) is 5. The van der Waals surface area contributed by atoms with E-state index in [-0.39, 0.29) is 12.1 Å². The van der Waals surface area contributed by atoms with Crippen LogP contribution in [0.4, 0.5) is 0 Å². The molecule has 0 fully saturated rings. The molecular weight excluding hydrogens is 388 g/mol. The third kappa shape index (κ3) is 9.91. The molecule has 31 heavy (non-hydrogen) atoms. The molecular formula is C27H38O4. The highest BCUT2D eigenvalue weighted by Gasteiger charge is 2.09. The first-order valence-corrected chi connectivity index (χ1v) is 11.8. The molecule has 0 saturated carbocycles. The quantitative estimate of drug-likeness (QED) is 0.223. The van der Waals surface area contributed by atoms with E-state index in [9.17, 15) is 4.79 Å². The number of carbonyl (C=O) groups excluding carboxylic acids is 1. The van der Waals surface area contributed by atoms with Crippen molar-refractivity contribution in [3.63, 3.8) is 0 Å². The van der Waals surface area contributed by atoms with Gasteiger partial charge in [-0.05, 0) is 55.2 Å². The summed E-state index contributed by atoms with van der Waals surface area (Å²) in [6, 6.07) is 16.2. The molecule has 0 aliphatic rings. The van der Waals surface area contributed by atoms with Crippen molar-refractivity contribution in [3.8, 4) is 22.6 Å². The topological polar surface area (TPSA) is 44.8 Å². The Labute approximate surface area is 187 Å². The van der Waals surface area contributed by atoms with Gasteiger partial charge in [0.1, 0.15) is 24.2 Å². The Kier molecular flexibility index (Phi) is 11.6. The molecule has 0 saturated heterocycles. The van der Waals surface area contributed by atoms with Crippen molar-refractivity contribution in [2.24, 2.45) is 0 Å². The molecule has 0 spiro atoms. The third-order valence-electron chi connectivity index (χ3n) is 5.08. The maximum absolute atomic E-state index is 11.5. The van der Waals surface area contributed by atoms with E-state index in [0.717, 1.165) is 42.1 Å². The Balaban J connectivity index is 1.73. The van der Waals surface area contributed by atoms with Gasteiger partial charge in [0.25, 0.3) is 0 Å². The van der Waals surface area contributed by atoms with Gasteiger partial charge in [-0.3, -0.25) is 4.79 Å². The van der Waals surface area contributed by atoms with Gasteiger partial charge in [0.05, 0.1) is 6.61 Å². The van der Waals surface area contributed by atoms with Gasteiger partial charge in [-0.15, -0.1) is 0 Å². The smallest absolute Gasteiger partial charge is 0.306 e. The third-order valence-corrected chi connectivity index (χ3v) is 5.08. The van der Waals surface area contributed by atoms with Crippen LogP contribution in [0.3, 0.4) is 0 Å². The molecule has 0 amide bonds. The molecule has 0 radical (unpaired) electrons. The van der Waals surface area contributed by atoms with Crippen LogP contribution < -0.4 is 9.47 Å². The Hall–Kier alpha value is -2.49. The molecule has 0 aliphatic heterocycles. The molecule has 170 valence electrons. The van der Waals surface area contributed by atoms with E-state index in [4.69, 9.17) is 14.2 Å². The van der Waals surface area contributed by atoms with Crippen LogP contribution in [0.1, 0.15) is 72.1 Å². The van der Waals surface area contributed by atoms with Crippen LogP contribution >= 0.6 is 0 Å². The summed E-state index contributed by atoms with van der Waals surface area (Å²) in [6.45, 7) is 7.17. The zero-order valence-corrected chi connectivity index (χ0v) is 19.4. The van der Waals surface area contributed by atoms with Crippen molar-refractivity contribution >= 4 is 5.97 Å². The van der Waals surface area contributed by atoms with E-state index in [1.165, 1.54) is 32.1 Å². The Morgan fingerprint density at radius 3 is 1.87 bits per heavy atom. The van der Waals surface area contributed by atoms with Crippen LogP contribution in [0.2, 0.25) is 0 Å². The standard InChI is InChI=1S/C27H38O4/c1-4-6-7-8-9-10-20-29-25-16-12-23(13-17-25)24-14-18-26(19-15-24)30-21-22(3)31-27(28)11-5-2/h12-19,22H,4-11,20-21H2,1-3H3. The van der Waals surface area contributed by atoms with Gasteiger partial charge in [0.15, 0.2) is 0 Å². The molecule has 4 nitrogen and oxygen atoms in total. The Morgan fingerprint density at radius 2 is 1.29 bits per heavy atom. The molecule has 2 aromatic rings. The number of carbonyl (C=O) groups is 1. The van der Waals surface area contributed by atoms with Gasteiger partial charge in [-0.25, -0.2) is 0 Å². The van der Waals surface area contributed by atoms with Crippen LogP contribution in [0.15, 0.2) is 48.5 Å². The maximum atomic E-state index is 11.5. The summed E-state index contributed by atoms with van der Waals surface area (Å²) in [4.78, 5) is 11.5. The van der Waals surface area contributed by atoms with Crippen LogP contribution in [0.5, 0.6) is 11.5 Å². The second kappa shape index (κ2) is 14.5. The first-order valence-electron chi connectivity index (χ1n) is 11.8. The summed E-state index contributed by atoms with van der Waals surface area (Å²) in [7, 11) is 0. The highest BCUT2D eigenvalue weighted by atomic mass is 16.6. The van der Waals surface area contributed by atoms with Gasteiger partial charge < -0.3 is 14.2 Å². The van der Waals surface area contributed by atoms with Gasteiger partial charge in [-0.2, -0.15) is 0 Å². The van der Waals surface area contributed by atoms with Crippen molar-refractivity contribution in [3.05, 3.63) is 48.5 Å². The Bertz CT molecular complexity index is 737. The van der Waals surface area contributed by atoms with E-state index in [0.29, 0.717) is 13.0 Å².